The number of carbonyl (C=O) groups is 1. The van der Waals surface area contributed by atoms with Crippen molar-refractivity contribution in [1.82, 2.24) is 5.32 Å². The fraction of sp³-hybridized carbons (Fsp3) is 0.250. The molecule has 140 valence electrons. The molecule has 1 fully saturated rings. The number of nitrogens with zero attached hydrogens (tertiary/aromatic N) is 2. The van der Waals surface area contributed by atoms with Gasteiger partial charge in [0.15, 0.2) is 16.7 Å². The van der Waals surface area contributed by atoms with Gasteiger partial charge in [-0.2, -0.15) is 5.10 Å². The van der Waals surface area contributed by atoms with E-state index in [1.165, 1.54) is 22.9 Å². The third-order valence-corrected chi connectivity index (χ3v) is 5.28. The van der Waals surface area contributed by atoms with E-state index in [-0.39, 0.29) is 11.2 Å². The Morgan fingerprint density at radius 1 is 1.15 bits per heavy atom. The molecule has 7 heteroatoms. The predicted molar refractivity (Wildman–Crippen MR) is 109 cm³/mol. The Hall–Kier alpha value is -2.80. The summed E-state index contributed by atoms with van der Waals surface area (Å²) in [5.41, 5.74) is 3.17. The Kier molecular flexibility index (Phi) is 6.13. The molecule has 1 aliphatic heterocycles. The lowest BCUT2D eigenvalue weighted by molar-refractivity contribution is -0.118. The van der Waals surface area contributed by atoms with Crippen LogP contribution in [0.15, 0.2) is 52.7 Å². The van der Waals surface area contributed by atoms with E-state index in [0.29, 0.717) is 23.1 Å². The number of nitrogens with one attached hydrogen (secondary N) is 1. The van der Waals surface area contributed by atoms with Crippen LogP contribution in [0, 0.1) is 6.92 Å². The summed E-state index contributed by atoms with van der Waals surface area (Å²) in [4.78, 5) is 12.2. The standard InChI is InChI=1S/C20H21N3O3S/c1-13-6-4-5-7-15(13)11-18-19(24)22-20(27-18)23-21-12-14-8-9-16(25-2)17(10-14)26-3/h4-10,12,18H,11H2,1-3H3,(H,22,23,24)/b21-12+. The van der Waals surface area contributed by atoms with Crippen LogP contribution in [0.3, 0.4) is 0 Å². The molecular weight excluding hydrogens is 362 g/mol. The van der Waals surface area contributed by atoms with Gasteiger partial charge in [-0.25, -0.2) is 0 Å². The highest BCUT2D eigenvalue weighted by Gasteiger charge is 2.30. The molecular formula is C20H21N3O3S. The summed E-state index contributed by atoms with van der Waals surface area (Å²) in [5.74, 6) is 1.23. The third-order valence-electron chi connectivity index (χ3n) is 4.21. The van der Waals surface area contributed by atoms with Gasteiger partial charge < -0.3 is 14.8 Å². The quantitative estimate of drug-likeness (QED) is 0.614. The molecule has 1 unspecified atom stereocenters. The van der Waals surface area contributed by atoms with Gasteiger partial charge in [0.1, 0.15) is 0 Å². The maximum absolute atomic E-state index is 12.2. The number of methoxy groups -OCH3 is 2. The maximum Gasteiger partial charge on any atom is 0.239 e. The topological polar surface area (TPSA) is 72.3 Å². The van der Waals surface area contributed by atoms with Gasteiger partial charge in [-0.1, -0.05) is 36.0 Å². The number of rotatable bonds is 6. The average molecular weight is 383 g/mol. The van der Waals surface area contributed by atoms with Crippen molar-refractivity contribution >= 4 is 29.1 Å². The van der Waals surface area contributed by atoms with Crippen LogP contribution in [0.4, 0.5) is 0 Å². The minimum Gasteiger partial charge on any atom is -0.493 e. The molecule has 6 nitrogen and oxygen atoms in total. The maximum atomic E-state index is 12.2. The molecule has 1 amide bonds. The lowest BCUT2D eigenvalue weighted by atomic mass is 10.0. The van der Waals surface area contributed by atoms with E-state index in [1.54, 1.807) is 26.5 Å². The van der Waals surface area contributed by atoms with Crippen LogP contribution in [0.25, 0.3) is 0 Å². The van der Waals surface area contributed by atoms with Crippen LogP contribution in [-0.4, -0.2) is 36.8 Å². The van der Waals surface area contributed by atoms with Crippen molar-refractivity contribution in [2.45, 2.75) is 18.6 Å². The Bertz CT molecular complexity index is 896. The Morgan fingerprint density at radius 3 is 2.67 bits per heavy atom. The summed E-state index contributed by atoms with van der Waals surface area (Å²) >= 11 is 1.40. The molecule has 1 atom stereocenters. The van der Waals surface area contributed by atoms with Crippen LogP contribution in [0.1, 0.15) is 16.7 Å². The molecule has 1 aliphatic rings. The molecule has 0 spiro atoms. The zero-order valence-electron chi connectivity index (χ0n) is 15.4. The van der Waals surface area contributed by atoms with Gasteiger partial charge in [0.2, 0.25) is 5.91 Å². The lowest BCUT2D eigenvalue weighted by Crippen LogP contribution is -2.26. The molecule has 0 saturated carbocycles. The van der Waals surface area contributed by atoms with Crippen LogP contribution in [-0.2, 0) is 11.2 Å². The van der Waals surface area contributed by atoms with Crippen LogP contribution in [0.5, 0.6) is 11.5 Å². The van der Waals surface area contributed by atoms with E-state index >= 15 is 0 Å². The number of benzene rings is 2. The molecule has 3 rings (SSSR count). The van der Waals surface area contributed by atoms with E-state index in [1.807, 2.05) is 30.3 Å². The zero-order valence-corrected chi connectivity index (χ0v) is 16.2. The van der Waals surface area contributed by atoms with Crippen molar-refractivity contribution in [1.29, 1.82) is 0 Å². The van der Waals surface area contributed by atoms with E-state index in [9.17, 15) is 4.79 Å². The first-order valence-corrected chi connectivity index (χ1v) is 9.33. The summed E-state index contributed by atoms with van der Waals surface area (Å²) < 4.78 is 10.5. The highest BCUT2D eigenvalue weighted by atomic mass is 32.2. The SMILES string of the molecule is COc1ccc(/C=N/N=C2/NC(=O)C(Cc3ccccc3C)S2)cc1OC. The van der Waals surface area contributed by atoms with Gasteiger partial charge in [-0.05, 0) is 48.2 Å². The van der Waals surface area contributed by atoms with E-state index in [4.69, 9.17) is 9.47 Å². The highest BCUT2D eigenvalue weighted by molar-refractivity contribution is 8.15. The van der Waals surface area contributed by atoms with Crippen molar-refractivity contribution in [3.63, 3.8) is 0 Å². The summed E-state index contributed by atoms with van der Waals surface area (Å²) in [5, 5.41) is 11.3. The first kappa shape index (κ1) is 19.0. The fourth-order valence-electron chi connectivity index (χ4n) is 2.71. The number of hydrogen-bond acceptors (Lipinski definition) is 6. The van der Waals surface area contributed by atoms with Crippen LogP contribution < -0.4 is 14.8 Å². The van der Waals surface area contributed by atoms with Gasteiger partial charge >= 0.3 is 0 Å². The van der Waals surface area contributed by atoms with Crippen molar-refractivity contribution in [3.05, 3.63) is 59.2 Å². The molecule has 1 N–H and O–H groups in total. The average Bonchev–Trinajstić information content (AvgIpc) is 3.02. The molecule has 0 aromatic heterocycles. The first-order valence-electron chi connectivity index (χ1n) is 8.46. The molecule has 0 aliphatic carbocycles. The molecule has 1 heterocycles. The van der Waals surface area contributed by atoms with Crippen molar-refractivity contribution in [2.75, 3.05) is 14.2 Å². The fourth-order valence-corrected chi connectivity index (χ4v) is 3.66. The van der Waals surface area contributed by atoms with Gasteiger partial charge in [-0.3, -0.25) is 4.79 Å². The highest BCUT2D eigenvalue weighted by Crippen LogP contribution is 2.27. The summed E-state index contributed by atoms with van der Waals surface area (Å²) in [6.07, 6.45) is 2.28. The van der Waals surface area contributed by atoms with Crippen molar-refractivity contribution in [2.24, 2.45) is 10.2 Å². The number of aryl methyl sites for hydroxylation is 1. The minimum absolute atomic E-state index is 0.0386. The number of hydrogen-bond donors (Lipinski definition) is 1. The van der Waals surface area contributed by atoms with Crippen molar-refractivity contribution < 1.29 is 14.3 Å². The van der Waals surface area contributed by atoms with Crippen molar-refractivity contribution in [3.8, 4) is 11.5 Å². The number of carbonyl (C=O) groups excluding carboxylic acids is 1. The second-order valence-corrected chi connectivity index (χ2v) is 7.18. The number of amides is 1. The summed E-state index contributed by atoms with van der Waals surface area (Å²) in [6.45, 7) is 2.05. The number of thioether (sulfide) groups is 1. The summed E-state index contributed by atoms with van der Waals surface area (Å²) in [7, 11) is 3.17. The molecule has 2 aromatic rings. The second-order valence-electron chi connectivity index (χ2n) is 5.99. The van der Waals surface area contributed by atoms with E-state index < -0.39 is 0 Å². The summed E-state index contributed by atoms with van der Waals surface area (Å²) in [6, 6.07) is 13.6. The number of amidine groups is 1. The first-order chi connectivity index (χ1) is 13.1. The van der Waals surface area contributed by atoms with E-state index in [0.717, 1.165) is 5.56 Å². The van der Waals surface area contributed by atoms with Crippen LogP contribution >= 0.6 is 11.8 Å². The monoisotopic (exact) mass is 383 g/mol. The Labute approximate surface area is 162 Å². The van der Waals surface area contributed by atoms with Gasteiger partial charge in [0.05, 0.1) is 25.7 Å². The third kappa shape index (κ3) is 4.68. The van der Waals surface area contributed by atoms with Gasteiger partial charge in [0.25, 0.3) is 0 Å². The Morgan fingerprint density at radius 2 is 1.93 bits per heavy atom. The predicted octanol–water partition coefficient (Wildman–Crippen LogP) is 3.18. The number of ether oxygens (including phenoxy) is 2. The normalized spacial score (nSPS) is 18.1. The van der Waals surface area contributed by atoms with Crippen LogP contribution in [0.2, 0.25) is 0 Å². The lowest BCUT2D eigenvalue weighted by Gasteiger charge is -2.08. The molecule has 0 radical (unpaired) electrons. The minimum atomic E-state index is -0.193. The largest absolute Gasteiger partial charge is 0.493 e. The smallest absolute Gasteiger partial charge is 0.239 e. The molecule has 2 aromatic carbocycles. The molecule has 27 heavy (non-hydrogen) atoms. The van der Waals surface area contributed by atoms with Gasteiger partial charge in [0, 0.05) is 0 Å². The van der Waals surface area contributed by atoms with E-state index in [2.05, 4.69) is 28.5 Å². The molecule has 1 saturated heterocycles. The second kappa shape index (κ2) is 8.73. The molecule has 0 bridgehead atoms. The Balaban J connectivity index is 1.65. The van der Waals surface area contributed by atoms with Gasteiger partial charge in [-0.15, -0.1) is 5.10 Å². The zero-order chi connectivity index (χ0) is 19.2.